The first-order chi connectivity index (χ1) is 9.48. The van der Waals surface area contributed by atoms with Crippen LogP contribution in [0.3, 0.4) is 0 Å². The van der Waals surface area contributed by atoms with Gasteiger partial charge in [-0.05, 0) is 54.9 Å². The van der Waals surface area contributed by atoms with Gasteiger partial charge in [0.05, 0.1) is 0 Å². The Morgan fingerprint density at radius 3 is 1.52 bits per heavy atom. The van der Waals surface area contributed by atoms with Gasteiger partial charge in [0.2, 0.25) is 17.8 Å². The predicted octanol–water partition coefficient (Wildman–Crippen LogP) is 3.50. The zero-order valence-electron chi connectivity index (χ0n) is 14.6. The first-order valence-electron chi connectivity index (χ1n) is 7.57. The zero-order valence-corrected chi connectivity index (χ0v) is 14.6. The normalized spacial score (nSPS) is 13.7. The van der Waals surface area contributed by atoms with Crippen LogP contribution in [0.1, 0.15) is 61.8 Å². The molecule has 6 heteroatoms. The molecule has 0 aliphatic heterocycles. The van der Waals surface area contributed by atoms with Crippen LogP contribution in [-0.4, -0.2) is 32.1 Å². The summed E-state index contributed by atoms with van der Waals surface area (Å²) in [4.78, 5) is 13.4. The Bertz CT molecular complexity index is 424. The van der Waals surface area contributed by atoms with Crippen molar-refractivity contribution in [3.63, 3.8) is 0 Å². The van der Waals surface area contributed by atoms with E-state index in [0.717, 1.165) is 6.42 Å². The maximum atomic E-state index is 4.45. The summed E-state index contributed by atoms with van der Waals surface area (Å²) in [5.74, 6) is 1.75. The summed E-state index contributed by atoms with van der Waals surface area (Å²) < 4.78 is 0. The molecule has 120 valence electrons. The molecule has 21 heavy (non-hydrogen) atoms. The molecule has 0 aliphatic carbocycles. The van der Waals surface area contributed by atoms with Gasteiger partial charge < -0.3 is 16.0 Å². The van der Waals surface area contributed by atoms with Crippen LogP contribution in [0, 0.1) is 0 Å². The van der Waals surface area contributed by atoms with Crippen LogP contribution in [0.2, 0.25) is 0 Å². The predicted molar refractivity (Wildman–Crippen MR) is 90.0 cm³/mol. The van der Waals surface area contributed by atoms with Crippen LogP contribution < -0.4 is 16.0 Å². The fraction of sp³-hybridized carbons (Fsp3) is 0.800. The Labute approximate surface area is 128 Å². The molecule has 6 nitrogen and oxygen atoms in total. The molecule has 0 saturated carbocycles. The van der Waals surface area contributed by atoms with Crippen molar-refractivity contribution in [3.05, 3.63) is 0 Å². The molecule has 0 aromatic carbocycles. The highest BCUT2D eigenvalue weighted by Crippen LogP contribution is 2.17. The van der Waals surface area contributed by atoms with Crippen LogP contribution in [0.4, 0.5) is 17.8 Å². The second-order valence-corrected chi connectivity index (χ2v) is 7.51. The van der Waals surface area contributed by atoms with Crippen molar-refractivity contribution in [3.8, 4) is 0 Å². The minimum atomic E-state index is -0.103. The monoisotopic (exact) mass is 294 g/mol. The van der Waals surface area contributed by atoms with Crippen molar-refractivity contribution in [1.82, 2.24) is 15.0 Å². The highest BCUT2D eigenvalue weighted by atomic mass is 15.3. The topological polar surface area (TPSA) is 74.8 Å². The first kappa shape index (κ1) is 17.5. The summed E-state index contributed by atoms with van der Waals surface area (Å²) in [6.07, 6.45) is 1.01. The van der Waals surface area contributed by atoms with Crippen LogP contribution in [0.5, 0.6) is 0 Å². The van der Waals surface area contributed by atoms with Gasteiger partial charge in [0.15, 0.2) is 0 Å². The van der Waals surface area contributed by atoms with Gasteiger partial charge in [-0.25, -0.2) is 0 Å². The number of nitrogens with one attached hydrogen (secondary N) is 3. The van der Waals surface area contributed by atoms with Crippen molar-refractivity contribution < 1.29 is 0 Å². The van der Waals surface area contributed by atoms with Crippen LogP contribution in [0.15, 0.2) is 0 Å². The lowest BCUT2D eigenvalue weighted by atomic mass is 10.1. The van der Waals surface area contributed by atoms with E-state index in [4.69, 9.17) is 0 Å². The number of rotatable bonds is 5. The van der Waals surface area contributed by atoms with E-state index < -0.39 is 0 Å². The molecule has 1 rings (SSSR count). The highest BCUT2D eigenvalue weighted by Gasteiger charge is 2.17. The van der Waals surface area contributed by atoms with E-state index in [1.54, 1.807) is 0 Å². The SMILES string of the molecule is CCC(C)Nc1nc(NC(C)(C)C)nc(NC(C)(C)C)n1. The van der Waals surface area contributed by atoms with Crippen LogP contribution >= 0.6 is 0 Å². The fourth-order valence-corrected chi connectivity index (χ4v) is 1.55. The van der Waals surface area contributed by atoms with Gasteiger partial charge in [-0.15, -0.1) is 0 Å². The van der Waals surface area contributed by atoms with Gasteiger partial charge in [-0.2, -0.15) is 15.0 Å². The molecule has 0 spiro atoms. The van der Waals surface area contributed by atoms with Crippen LogP contribution in [-0.2, 0) is 0 Å². The van der Waals surface area contributed by atoms with Gasteiger partial charge in [0.25, 0.3) is 0 Å². The number of nitrogens with zero attached hydrogens (tertiary/aromatic N) is 3. The molecule has 1 unspecified atom stereocenters. The number of hydrogen-bond acceptors (Lipinski definition) is 6. The number of anilines is 3. The molecular formula is C15H30N6. The summed E-state index contributed by atoms with van der Waals surface area (Å²) in [5.41, 5.74) is -0.206. The lowest BCUT2D eigenvalue weighted by molar-refractivity contribution is 0.616. The molecule has 0 fully saturated rings. The zero-order chi connectivity index (χ0) is 16.3. The largest absolute Gasteiger partial charge is 0.352 e. The van der Waals surface area contributed by atoms with Gasteiger partial charge in [0.1, 0.15) is 0 Å². The molecule has 1 aromatic rings. The lowest BCUT2D eigenvalue weighted by Crippen LogP contribution is -2.30. The lowest BCUT2D eigenvalue weighted by Gasteiger charge is -2.24. The Morgan fingerprint density at radius 1 is 0.810 bits per heavy atom. The van der Waals surface area contributed by atoms with Crippen molar-refractivity contribution in [2.45, 2.75) is 78.9 Å². The van der Waals surface area contributed by atoms with E-state index in [1.807, 2.05) is 0 Å². The molecule has 0 radical (unpaired) electrons. The summed E-state index contributed by atoms with van der Waals surface area (Å²) in [6.45, 7) is 16.7. The van der Waals surface area contributed by atoms with E-state index in [-0.39, 0.29) is 11.1 Å². The van der Waals surface area contributed by atoms with E-state index >= 15 is 0 Å². The van der Waals surface area contributed by atoms with Crippen molar-refractivity contribution in [1.29, 1.82) is 0 Å². The molecule has 1 atom stereocenters. The summed E-state index contributed by atoms with van der Waals surface area (Å²) in [5, 5.41) is 9.90. The summed E-state index contributed by atoms with van der Waals surface area (Å²) >= 11 is 0. The number of hydrogen-bond donors (Lipinski definition) is 3. The minimum Gasteiger partial charge on any atom is -0.352 e. The minimum absolute atomic E-state index is 0.103. The molecule has 1 heterocycles. The second-order valence-electron chi connectivity index (χ2n) is 7.51. The fourth-order valence-electron chi connectivity index (χ4n) is 1.55. The van der Waals surface area contributed by atoms with E-state index in [2.05, 4.69) is 86.3 Å². The van der Waals surface area contributed by atoms with Crippen molar-refractivity contribution in [2.75, 3.05) is 16.0 Å². The Kier molecular flexibility index (Phi) is 5.36. The molecule has 0 amide bonds. The summed E-state index contributed by atoms with van der Waals surface area (Å²) in [7, 11) is 0. The van der Waals surface area contributed by atoms with Gasteiger partial charge in [0, 0.05) is 17.1 Å². The molecule has 0 bridgehead atoms. The Hall–Kier alpha value is -1.59. The first-order valence-corrected chi connectivity index (χ1v) is 7.57. The third kappa shape index (κ3) is 7.11. The maximum Gasteiger partial charge on any atom is 0.229 e. The average Bonchev–Trinajstić information content (AvgIpc) is 2.23. The quantitative estimate of drug-likeness (QED) is 0.771. The standard InChI is InChI=1S/C15H30N6/c1-9-10(2)16-11-17-12(20-14(3,4)5)19-13(18-11)21-15(6,7)8/h10H,9H2,1-8H3,(H3,16,17,18,19,20,21). The summed E-state index contributed by atoms with van der Waals surface area (Å²) in [6, 6.07) is 0.317. The van der Waals surface area contributed by atoms with Crippen molar-refractivity contribution >= 4 is 17.8 Å². The third-order valence-electron chi connectivity index (χ3n) is 2.60. The molecule has 0 saturated heterocycles. The van der Waals surface area contributed by atoms with Gasteiger partial charge in [-0.3, -0.25) is 0 Å². The van der Waals surface area contributed by atoms with Crippen molar-refractivity contribution in [2.24, 2.45) is 0 Å². The van der Waals surface area contributed by atoms with E-state index in [9.17, 15) is 0 Å². The molecule has 0 aliphatic rings. The Morgan fingerprint density at radius 2 is 1.19 bits per heavy atom. The molecule has 1 aromatic heterocycles. The Balaban J connectivity index is 3.07. The third-order valence-corrected chi connectivity index (χ3v) is 2.60. The van der Waals surface area contributed by atoms with Crippen LogP contribution in [0.25, 0.3) is 0 Å². The second kappa shape index (κ2) is 6.45. The highest BCUT2D eigenvalue weighted by molar-refractivity contribution is 5.44. The molecule has 3 N–H and O–H groups in total. The van der Waals surface area contributed by atoms with E-state index in [0.29, 0.717) is 23.9 Å². The average molecular weight is 294 g/mol. The number of aromatic nitrogens is 3. The maximum absolute atomic E-state index is 4.45. The van der Waals surface area contributed by atoms with Gasteiger partial charge in [-0.1, -0.05) is 6.92 Å². The van der Waals surface area contributed by atoms with Gasteiger partial charge >= 0.3 is 0 Å². The van der Waals surface area contributed by atoms with E-state index in [1.165, 1.54) is 0 Å². The smallest absolute Gasteiger partial charge is 0.229 e. The molecular weight excluding hydrogens is 264 g/mol.